The van der Waals surface area contributed by atoms with Gasteiger partial charge >= 0.3 is 0 Å². The van der Waals surface area contributed by atoms with E-state index >= 15 is 0 Å². The molecule has 8 rings (SSSR count). The number of nitrogens with zero attached hydrogens (tertiary/aromatic N) is 1. The maximum atomic E-state index is 14.8. The lowest BCUT2D eigenvalue weighted by atomic mass is 9.46. The van der Waals surface area contributed by atoms with Gasteiger partial charge in [0.1, 0.15) is 5.69 Å². The summed E-state index contributed by atoms with van der Waals surface area (Å²) in [6.45, 7) is 6.43. The van der Waals surface area contributed by atoms with E-state index < -0.39 is 23.4 Å². The van der Waals surface area contributed by atoms with E-state index in [1.54, 1.807) is 12.2 Å². The van der Waals surface area contributed by atoms with Gasteiger partial charge < -0.3 is 19.0 Å². The van der Waals surface area contributed by atoms with Crippen LogP contribution in [0.1, 0.15) is 59.3 Å². The highest BCUT2D eigenvalue weighted by molar-refractivity contribution is 7.99. The van der Waals surface area contributed by atoms with E-state index in [1.165, 1.54) is 11.8 Å². The molecule has 7 nitrogen and oxygen atoms in total. The van der Waals surface area contributed by atoms with E-state index in [2.05, 4.69) is 20.8 Å². The molecule has 0 bridgehead atoms. The smallest absolute Gasteiger partial charge is 0.257 e. The van der Waals surface area contributed by atoms with Crippen molar-refractivity contribution in [1.82, 2.24) is 4.98 Å². The van der Waals surface area contributed by atoms with Crippen molar-refractivity contribution < 1.29 is 28.6 Å². The van der Waals surface area contributed by atoms with Gasteiger partial charge in [0.2, 0.25) is 0 Å². The Hall–Kier alpha value is -3.30. The second kappa shape index (κ2) is 11.9. The summed E-state index contributed by atoms with van der Waals surface area (Å²) in [4.78, 5) is 32.0. The SMILES string of the molecule is CCC[C@@H]1O[C@@H]2CC3C4CCC5=CC(=O)C=CC5(C)C4[C@@H](O)CC3(C)[C@]2(C(=O)CSc2nc(-c3ccccc3)c(-c3ccccc3)o2)O1. The third-order valence-electron chi connectivity index (χ3n) is 12.2. The number of rotatable bonds is 8. The number of Topliss-reactive ketones (excluding diaryl/α,β-unsaturated/α-hetero) is 1. The number of oxazole rings is 1. The molecule has 1 aromatic heterocycles. The van der Waals surface area contributed by atoms with Crippen LogP contribution >= 0.6 is 11.8 Å². The fraction of sp³-hybridized carbons (Fsp3) is 0.475. The largest absolute Gasteiger partial charge is 0.431 e. The molecule has 0 spiro atoms. The van der Waals surface area contributed by atoms with Crippen LogP contribution in [-0.2, 0) is 19.1 Å². The first-order chi connectivity index (χ1) is 23.2. The van der Waals surface area contributed by atoms with E-state index in [4.69, 9.17) is 18.9 Å². The zero-order valence-corrected chi connectivity index (χ0v) is 28.6. The normalized spacial score (nSPS) is 36.6. The zero-order valence-electron chi connectivity index (χ0n) is 27.8. The Morgan fingerprint density at radius 3 is 2.52 bits per heavy atom. The molecule has 8 heteroatoms. The third-order valence-corrected chi connectivity index (χ3v) is 13.1. The molecule has 5 aliphatic rings. The molecule has 5 unspecified atom stereocenters. The minimum Gasteiger partial charge on any atom is -0.431 e. The van der Waals surface area contributed by atoms with Gasteiger partial charge in [-0.05, 0) is 56.1 Å². The summed E-state index contributed by atoms with van der Waals surface area (Å²) in [6, 6.07) is 19.9. The average Bonchev–Trinajstić information content (AvgIpc) is 3.75. The molecule has 9 atom stereocenters. The fourth-order valence-corrected chi connectivity index (χ4v) is 10.9. The van der Waals surface area contributed by atoms with Crippen molar-refractivity contribution in [3.8, 4) is 22.6 Å². The molecule has 2 heterocycles. The van der Waals surface area contributed by atoms with Crippen LogP contribution in [0.4, 0.5) is 0 Å². The van der Waals surface area contributed by atoms with E-state index in [1.807, 2.05) is 66.7 Å². The molecule has 1 N–H and O–H groups in total. The van der Waals surface area contributed by atoms with Gasteiger partial charge in [0.25, 0.3) is 5.22 Å². The number of hydrogen-bond acceptors (Lipinski definition) is 8. The first kappa shape index (κ1) is 31.9. The van der Waals surface area contributed by atoms with Gasteiger partial charge in [-0.25, -0.2) is 4.98 Å². The Morgan fingerprint density at radius 1 is 1.06 bits per heavy atom. The van der Waals surface area contributed by atoms with Crippen LogP contribution in [0.2, 0.25) is 0 Å². The lowest BCUT2D eigenvalue weighted by molar-refractivity contribution is -0.197. The van der Waals surface area contributed by atoms with Crippen LogP contribution in [0.5, 0.6) is 0 Å². The molecule has 3 aromatic rings. The first-order valence-electron chi connectivity index (χ1n) is 17.4. The average molecular weight is 666 g/mol. The van der Waals surface area contributed by atoms with Crippen LogP contribution < -0.4 is 0 Å². The second-order valence-corrected chi connectivity index (χ2v) is 15.7. The summed E-state index contributed by atoms with van der Waals surface area (Å²) in [7, 11) is 0. The van der Waals surface area contributed by atoms with Crippen molar-refractivity contribution in [2.24, 2.45) is 28.6 Å². The Bertz CT molecular complexity index is 1730. The number of carbonyl (C=O) groups excluding carboxylic acids is 2. The van der Waals surface area contributed by atoms with Gasteiger partial charge in [-0.3, -0.25) is 9.59 Å². The van der Waals surface area contributed by atoms with Gasteiger partial charge in [0, 0.05) is 27.9 Å². The molecular weight excluding hydrogens is 623 g/mol. The van der Waals surface area contributed by atoms with Gasteiger partial charge in [-0.2, -0.15) is 0 Å². The number of ether oxygens (including phenoxy) is 2. The monoisotopic (exact) mass is 665 g/mol. The maximum absolute atomic E-state index is 14.8. The number of ketones is 2. The number of aromatic nitrogens is 1. The molecule has 4 fully saturated rings. The van der Waals surface area contributed by atoms with Crippen molar-refractivity contribution in [3.05, 3.63) is 84.5 Å². The lowest BCUT2D eigenvalue weighted by Crippen LogP contribution is -2.63. The topological polar surface area (TPSA) is 98.9 Å². The fourth-order valence-electron chi connectivity index (χ4n) is 10.2. The predicted octanol–water partition coefficient (Wildman–Crippen LogP) is 7.84. The molecule has 1 saturated heterocycles. The lowest BCUT2D eigenvalue weighted by Gasteiger charge is -2.59. The van der Waals surface area contributed by atoms with Crippen molar-refractivity contribution in [3.63, 3.8) is 0 Å². The summed E-state index contributed by atoms with van der Waals surface area (Å²) in [5, 5.41) is 12.5. The van der Waals surface area contributed by atoms with Crippen molar-refractivity contribution >= 4 is 23.3 Å². The van der Waals surface area contributed by atoms with Crippen molar-refractivity contribution in [1.29, 1.82) is 0 Å². The van der Waals surface area contributed by atoms with E-state index in [-0.39, 0.29) is 46.6 Å². The van der Waals surface area contributed by atoms with Gasteiger partial charge in [0.05, 0.1) is 18.0 Å². The first-order valence-corrected chi connectivity index (χ1v) is 18.4. The minimum absolute atomic E-state index is 0.0232. The summed E-state index contributed by atoms with van der Waals surface area (Å²) in [5.41, 5.74) is 1.54. The highest BCUT2D eigenvalue weighted by Crippen LogP contribution is 2.70. The number of benzene rings is 2. The third kappa shape index (κ3) is 4.77. The number of fused-ring (bicyclic) bond motifs is 7. The molecule has 4 aliphatic carbocycles. The van der Waals surface area contributed by atoms with Gasteiger partial charge in [-0.1, -0.05) is 111 Å². The van der Waals surface area contributed by atoms with Crippen LogP contribution in [0.3, 0.4) is 0 Å². The predicted molar refractivity (Wildman–Crippen MR) is 184 cm³/mol. The van der Waals surface area contributed by atoms with Crippen LogP contribution in [0, 0.1) is 28.6 Å². The summed E-state index contributed by atoms with van der Waals surface area (Å²) in [6.07, 6.45) is 8.39. The molecule has 0 amide bonds. The van der Waals surface area contributed by atoms with E-state index in [0.717, 1.165) is 41.7 Å². The highest BCUT2D eigenvalue weighted by Gasteiger charge is 2.75. The summed E-state index contributed by atoms with van der Waals surface area (Å²) < 4.78 is 19.9. The Labute approximate surface area is 286 Å². The summed E-state index contributed by atoms with van der Waals surface area (Å²) >= 11 is 1.30. The highest BCUT2D eigenvalue weighted by atomic mass is 32.2. The zero-order chi connectivity index (χ0) is 33.3. The maximum Gasteiger partial charge on any atom is 0.257 e. The van der Waals surface area contributed by atoms with Crippen LogP contribution in [0.15, 0.2) is 94.1 Å². The van der Waals surface area contributed by atoms with Gasteiger partial charge in [-0.15, -0.1) is 0 Å². The minimum atomic E-state index is -1.18. The number of thioether (sulfide) groups is 1. The molecule has 250 valence electrons. The Balaban J connectivity index is 1.11. The second-order valence-electron chi connectivity index (χ2n) is 14.7. The number of aliphatic hydroxyl groups is 1. The van der Waals surface area contributed by atoms with Crippen LogP contribution in [0.25, 0.3) is 22.6 Å². The number of aliphatic hydroxyl groups excluding tert-OH is 1. The van der Waals surface area contributed by atoms with E-state index in [9.17, 15) is 14.7 Å². The van der Waals surface area contributed by atoms with E-state index in [0.29, 0.717) is 30.2 Å². The molecule has 48 heavy (non-hydrogen) atoms. The summed E-state index contributed by atoms with van der Waals surface area (Å²) in [5.74, 6) is 1.05. The number of carbonyl (C=O) groups is 2. The van der Waals surface area contributed by atoms with Crippen molar-refractivity contribution in [2.75, 3.05) is 5.75 Å². The Kier molecular flexibility index (Phi) is 7.94. The molecule has 0 radical (unpaired) electrons. The van der Waals surface area contributed by atoms with Crippen LogP contribution in [-0.4, -0.2) is 51.5 Å². The van der Waals surface area contributed by atoms with Gasteiger partial charge in [0.15, 0.2) is 29.2 Å². The molecular formula is C40H43NO6S. The standard InChI is InChI=1S/C40H43NO6S/c1-4-11-33-45-32-21-29-28-17-16-26-20-27(42)18-19-38(26,2)34(28)30(43)22-39(29,3)40(32,47-33)31(44)23-48-37-41-35(24-12-7-5-8-13-24)36(46-37)25-14-9-6-10-15-25/h5-10,12-15,18-20,28-30,32-34,43H,4,11,16-17,21-23H2,1-3H3/t28?,29?,30-,32+,33+,34?,38?,39?,40+/m0/s1. The number of hydrogen-bond donors (Lipinski definition) is 1. The molecule has 2 aromatic carbocycles. The molecule has 3 saturated carbocycles. The number of allylic oxidation sites excluding steroid dienone is 4. The molecule has 1 aliphatic heterocycles. The van der Waals surface area contributed by atoms with Crippen molar-refractivity contribution in [2.45, 2.75) is 88.6 Å². The Morgan fingerprint density at radius 2 is 1.79 bits per heavy atom. The quantitative estimate of drug-likeness (QED) is 0.243.